The maximum absolute atomic E-state index is 5.76. The molecule has 6 nitrogen and oxygen atoms in total. The van der Waals surface area contributed by atoms with E-state index in [1.807, 2.05) is 36.4 Å². The van der Waals surface area contributed by atoms with Crippen LogP contribution in [-0.2, 0) is 25.1 Å². The molecule has 3 rings (SSSR count). The van der Waals surface area contributed by atoms with Crippen LogP contribution in [0.5, 0.6) is 17.2 Å². The number of ether oxygens (including phenoxy) is 6. The first kappa shape index (κ1) is 27.6. The fourth-order valence-corrected chi connectivity index (χ4v) is 5.34. The second-order valence-corrected chi connectivity index (χ2v) is 9.40. The zero-order chi connectivity index (χ0) is 26.1. The first-order valence-corrected chi connectivity index (χ1v) is 13.1. The Labute approximate surface area is 222 Å². The summed E-state index contributed by atoms with van der Waals surface area (Å²) in [6.07, 6.45) is 4.23. The summed E-state index contributed by atoms with van der Waals surface area (Å²) in [6, 6.07) is 24.5. The summed E-state index contributed by atoms with van der Waals surface area (Å²) in [5.74, 6) is 2.36. The van der Waals surface area contributed by atoms with E-state index in [0.29, 0.717) is 39.6 Å². The fourth-order valence-electron chi connectivity index (χ4n) is 3.30. The first-order valence-electron chi connectivity index (χ1n) is 11.9. The molecule has 7 heteroatoms. The van der Waals surface area contributed by atoms with Gasteiger partial charge in [0.25, 0.3) is 0 Å². The van der Waals surface area contributed by atoms with Gasteiger partial charge in [0.05, 0.1) is 29.7 Å². The Kier molecular flexibility index (Phi) is 11.9. The minimum Gasteiger partial charge on any atom is -0.498 e. The van der Waals surface area contributed by atoms with Crippen LogP contribution in [-0.4, -0.2) is 39.6 Å². The molecule has 3 aromatic carbocycles. The van der Waals surface area contributed by atoms with Gasteiger partial charge in [-0.05, 0) is 72.8 Å². The van der Waals surface area contributed by atoms with E-state index >= 15 is 0 Å². The molecule has 0 aliphatic rings. The molecule has 0 fully saturated rings. The lowest BCUT2D eigenvalue weighted by atomic mass is 10.3. The van der Waals surface area contributed by atoms with E-state index in [4.69, 9.17) is 28.4 Å². The molecule has 194 valence electrons. The van der Waals surface area contributed by atoms with Crippen LogP contribution in [0.3, 0.4) is 0 Å². The Morgan fingerprint density at radius 3 is 0.946 bits per heavy atom. The molecule has 0 saturated carbocycles. The zero-order valence-electron chi connectivity index (χ0n) is 20.9. The van der Waals surface area contributed by atoms with Gasteiger partial charge in [-0.1, -0.05) is 19.7 Å². The van der Waals surface area contributed by atoms with Gasteiger partial charge in [0, 0.05) is 0 Å². The Hall–Kier alpha value is -3.97. The quantitative estimate of drug-likeness (QED) is 0.110. The van der Waals surface area contributed by atoms with Crippen LogP contribution in [0.4, 0.5) is 0 Å². The Morgan fingerprint density at radius 2 is 0.703 bits per heavy atom. The molecule has 0 aromatic heterocycles. The minimum absolute atomic E-state index is 0.346. The summed E-state index contributed by atoms with van der Waals surface area (Å²) in [5, 5.41) is 0. The lowest BCUT2D eigenvalue weighted by Gasteiger charge is -2.12. The van der Waals surface area contributed by atoms with Gasteiger partial charge < -0.3 is 28.4 Å². The van der Waals surface area contributed by atoms with Gasteiger partial charge in [-0.3, -0.25) is 0 Å². The van der Waals surface area contributed by atoms with E-state index < -0.39 is 0 Å². The molecular formula is C30H33O6S+. The molecule has 0 aliphatic carbocycles. The van der Waals surface area contributed by atoms with E-state index in [2.05, 4.69) is 56.1 Å². The van der Waals surface area contributed by atoms with Crippen molar-refractivity contribution in [2.24, 2.45) is 0 Å². The maximum atomic E-state index is 5.76. The first-order chi connectivity index (χ1) is 18.2. The summed E-state index contributed by atoms with van der Waals surface area (Å²) in [7, 11) is -0.346. The normalized spacial score (nSPS) is 10.3. The van der Waals surface area contributed by atoms with E-state index in [1.165, 1.54) is 18.8 Å². The molecule has 0 unspecified atom stereocenters. The number of hydrogen-bond acceptors (Lipinski definition) is 6. The third-order valence-corrected chi connectivity index (χ3v) is 7.17. The van der Waals surface area contributed by atoms with Crippen molar-refractivity contribution >= 4 is 10.9 Å². The molecule has 0 atom stereocenters. The average Bonchev–Trinajstić information content (AvgIpc) is 2.94. The highest BCUT2D eigenvalue weighted by Gasteiger charge is 2.29. The van der Waals surface area contributed by atoms with Crippen molar-refractivity contribution in [2.75, 3.05) is 39.6 Å². The molecule has 0 amide bonds. The predicted octanol–water partition coefficient (Wildman–Crippen LogP) is 6.40. The van der Waals surface area contributed by atoms with Gasteiger partial charge in [0.1, 0.15) is 56.9 Å². The predicted molar refractivity (Wildman–Crippen MR) is 146 cm³/mol. The van der Waals surface area contributed by atoms with Crippen molar-refractivity contribution in [3.63, 3.8) is 0 Å². The summed E-state index contributed by atoms with van der Waals surface area (Å²) >= 11 is 0. The third kappa shape index (κ3) is 9.20. The average molecular weight is 522 g/mol. The van der Waals surface area contributed by atoms with E-state index in [9.17, 15) is 0 Å². The van der Waals surface area contributed by atoms with Gasteiger partial charge in [-0.15, -0.1) is 0 Å². The zero-order valence-corrected chi connectivity index (χ0v) is 21.7. The molecule has 0 N–H and O–H groups in total. The van der Waals surface area contributed by atoms with Crippen LogP contribution in [0.1, 0.15) is 0 Å². The van der Waals surface area contributed by atoms with Crippen molar-refractivity contribution in [3.8, 4) is 17.2 Å². The van der Waals surface area contributed by atoms with E-state index in [0.717, 1.165) is 31.9 Å². The van der Waals surface area contributed by atoms with Gasteiger partial charge in [-0.2, -0.15) is 0 Å². The third-order valence-electron chi connectivity index (χ3n) is 4.94. The van der Waals surface area contributed by atoms with Crippen LogP contribution in [0, 0.1) is 0 Å². The standard InChI is InChI=1S/C30H33O6S/c1-4-31-19-22-34-25-7-13-28(14-8-25)37(29-15-9-26(10-16-29)35-23-20-32-5-2)30-17-11-27(12-18-30)36-24-21-33-6-3/h4-18H,1-3,19-24H2/q+1. The van der Waals surface area contributed by atoms with Gasteiger partial charge in [-0.25, -0.2) is 0 Å². The smallest absolute Gasteiger partial charge is 0.166 e. The lowest BCUT2D eigenvalue weighted by Crippen LogP contribution is -2.07. The summed E-state index contributed by atoms with van der Waals surface area (Å²) in [5.41, 5.74) is 0. The van der Waals surface area contributed by atoms with E-state index in [1.54, 1.807) is 0 Å². The molecule has 0 radical (unpaired) electrons. The fraction of sp³-hybridized carbons (Fsp3) is 0.200. The Morgan fingerprint density at radius 1 is 0.432 bits per heavy atom. The molecule has 3 aromatic rings. The molecule has 0 saturated heterocycles. The molecule has 0 spiro atoms. The minimum atomic E-state index is -0.346. The Bertz CT molecular complexity index is 939. The maximum Gasteiger partial charge on any atom is 0.166 e. The van der Waals surface area contributed by atoms with Gasteiger partial charge in [0.15, 0.2) is 14.7 Å². The molecule has 37 heavy (non-hydrogen) atoms. The van der Waals surface area contributed by atoms with Crippen molar-refractivity contribution in [1.82, 2.24) is 0 Å². The second-order valence-electron chi connectivity index (χ2n) is 7.38. The van der Waals surface area contributed by atoms with Crippen LogP contribution in [0.2, 0.25) is 0 Å². The molecule has 0 bridgehead atoms. The summed E-state index contributed by atoms with van der Waals surface area (Å²) < 4.78 is 32.6. The van der Waals surface area contributed by atoms with Crippen LogP contribution in [0.15, 0.2) is 126 Å². The van der Waals surface area contributed by atoms with Crippen molar-refractivity contribution in [3.05, 3.63) is 111 Å². The molecular weight excluding hydrogens is 488 g/mol. The summed E-state index contributed by atoms with van der Waals surface area (Å²) in [4.78, 5) is 3.49. The monoisotopic (exact) mass is 521 g/mol. The molecule has 0 aliphatic heterocycles. The van der Waals surface area contributed by atoms with Crippen molar-refractivity contribution in [2.45, 2.75) is 14.7 Å². The van der Waals surface area contributed by atoms with Crippen molar-refractivity contribution in [1.29, 1.82) is 0 Å². The Balaban J connectivity index is 1.78. The highest BCUT2D eigenvalue weighted by atomic mass is 32.2. The SMILES string of the molecule is C=COCCOc1ccc([S+](c2ccc(OCCOC=C)cc2)c2ccc(OCCOC=C)cc2)cc1. The highest BCUT2D eigenvalue weighted by Crippen LogP contribution is 2.34. The number of benzene rings is 3. The van der Waals surface area contributed by atoms with Crippen LogP contribution < -0.4 is 14.2 Å². The van der Waals surface area contributed by atoms with E-state index in [-0.39, 0.29) is 10.9 Å². The van der Waals surface area contributed by atoms with Gasteiger partial charge >= 0.3 is 0 Å². The number of rotatable bonds is 18. The number of hydrogen-bond donors (Lipinski definition) is 0. The lowest BCUT2D eigenvalue weighted by molar-refractivity contribution is 0.179. The van der Waals surface area contributed by atoms with Crippen LogP contribution >= 0.6 is 0 Å². The van der Waals surface area contributed by atoms with Crippen molar-refractivity contribution < 1.29 is 28.4 Å². The topological polar surface area (TPSA) is 55.4 Å². The van der Waals surface area contributed by atoms with Gasteiger partial charge in [0.2, 0.25) is 0 Å². The summed E-state index contributed by atoms with van der Waals surface area (Å²) in [6.45, 7) is 13.3. The highest BCUT2D eigenvalue weighted by molar-refractivity contribution is 7.97. The van der Waals surface area contributed by atoms with Crippen LogP contribution in [0.25, 0.3) is 0 Å². The second kappa shape index (κ2) is 15.9. The molecule has 0 heterocycles. The largest absolute Gasteiger partial charge is 0.498 e.